The van der Waals surface area contributed by atoms with E-state index in [2.05, 4.69) is 49.7 Å². The molecule has 0 spiro atoms. The summed E-state index contributed by atoms with van der Waals surface area (Å²) in [5.74, 6) is 2.09. The lowest BCUT2D eigenvalue weighted by atomic mass is 10.1. The van der Waals surface area contributed by atoms with Gasteiger partial charge in [0.15, 0.2) is 11.0 Å². The van der Waals surface area contributed by atoms with Crippen LogP contribution < -0.4 is 5.32 Å². The first-order chi connectivity index (χ1) is 11.2. The molecule has 2 N–H and O–H groups in total. The molecule has 23 heavy (non-hydrogen) atoms. The second-order valence-electron chi connectivity index (χ2n) is 5.19. The Morgan fingerprint density at radius 3 is 2.83 bits per heavy atom. The molecular formula is C15H18N6OS. The Hall–Kier alpha value is -2.19. The Morgan fingerprint density at radius 2 is 2.13 bits per heavy atom. The fourth-order valence-electron chi connectivity index (χ4n) is 1.99. The van der Waals surface area contributed by atoms with Gasteiger partial charge in [-0.25, -0.2) is 4.98 Å². The first kappa shape index (κ1) is 15.7. The third-order valence-corrected chi connectivity index (χ3v) is 4.37. The van der Waals surface area contributed by atoms with Crippen molar-refractivity contribution in [2.24, 2.45) is 0 Å². The average Bonchev–Trinajstić information content (AvgIpc) is 3.25. The second kappa shape index (κ2) is 7.38. The molecule has 0 bridgehead atoms. The molecule has 0 saturated carbocycles. The molecule has 3 aromatic rings. The smallest absolute Gasteiger partial charge is 0.257 e. The predicted octanol–water partition coefficient (Wildman–Crippen LogP) is 2.30. The molecule has 7 nitrogen and oxygen atoms in total. The summed E-state index contributed by atoms with van der Waals surface area (Å²) in [7, 11) is 1.92. The number of thioether (sulfide) groups is 1. The van der Waals surface area contributed by atoms with Gasteiger partial charge in [-0.2, -0.15) is 10.1 Å². The van der Waals surface area contributed by atoms with E-state index in [1.165, 1.54) is 11.9 Å². The standard InChI is InChI=1S/C15H18N6OS/c1-10(16-2)7-13-19-14(22-21-13)12-5-3-11(4-6-12)8-23-15-17-9-18-20-15/h3-6,9-10,16H,7-8H2,1-2H3,(H,17,18,20). The maximum absolute atomic E-state index is 5.34. The van der Waals surface area contributed by atoms with Crippen molar-refractivity contribution in [1.29, 1.82) is 0 Å². The summed E-state index contributed by atoms with van der Waals surface area (Å²) in [4.78, 5) is 8.53. The summed E-state index contributed by atoms with van der Waals surface area (Å²) in [6, 6.07) is 8.41. The number of hydrogen-bond donors (Lipinski definition) is 2. The largest absolute Gasteiger partial charge is 0.334 e. The quantitative estimate of drug-likeness (QED) is 0.642. The maximum atomic E-state index is 5.34. The van der Waals surface area contributed by atoms with Crippen LogP contribution in [0, 0.1) is 0 Å². The number of aromatic amines is 1. The second-order valence-corrected chi connectivity index (χ2v) is 6.15. The van der Waals surface area contributed by atoms with Crippen LogP contribution in [0.3, 0.4) is 0 Å². The number of rotatable bonds is 7. The molecule has 0 aliphatic heterocycles. The van der Waals surface area contributed by atoms with E-state index in [1.54, 1.807) is 11.8 Å². The van der Waals surface area contributed by atoms with E-state index in [9.17, 15) is 0 Å². The third-order valence-electron chi connectivity index (χ3n) is 3.42. The molecule has 3 rings (SSSR count). The fraction of sp³-hybridized carbons (Fsp3) is 0.333. The fourth-order valence-corrected chi connectivity index (χ4v) is 2.72. The van der Waals surface area contributed by atoms with Gasteiger partial charge in [-0.05, 0) is 31.7 Å². The summed E-state index contributed by atoms with van der Waals surface area (Å²) < 4.78 is 5.34. The molecule has 2 aromatic heterocycles. The van der Waals surface area contributed by atoms with Gasteiger partial charge in [-0.3, -0.25) is 5.10 Å². The van der Waals surface area contributed by atoms with Gasteiger partial charge in [0.05, 0.1) is 0 Å². The van der Waals surface area contributed by atoms with Gasteiger partial charge in [0.25, 0.3) is 5.89 Å². The van der Waals surface area contributed by atoms with Crippen LogP contribution in [0.25, 0.3) is 11.5 Å². The molecule has 0 radical (unpaired) electrons. The maximum Gasteiger partial charge on any atom is 0.257 e. The number of nitrogens with one attached hydrogen (secondary N) is 2. The van der Waals surface area contributed by atoms with E-state index in [1.807, 2.05) is 19.2 Å². The number of nitrogens with zero attached hydrogens (tertiary/aromatic N) is 4. The number of H-pyrrole nitrogens is 1. The lowest BCUT2D eigenvalue weighted by Crippen LogP contribution is -2.24. The Bertz CT molecular complexity index is 725. The molecule has 1 atom stereocenters. The molecule has 0 aliphatic carbocycles. The molecule has 0 saturated heterocycles. The molecule has 120 valence electrons. The van der Waals surface area contributed by atoms with Gasteiger partial charge in [-0.15, -0.1) is 0 Å². The zero-order chi connectivity index (χ0) is 16.1. The SMILES string of the molecule is CNC(C)Cc1noc(-c2ccc(CSc3ncn[nH]3)cc2)n1. The van der Waals surface area contributed by atoms with Crippen molar-refractivity contribution in [2.75, 3.05) is 7.05 Å². The van der Waals surface area contributed by atoms with Gasteiger partial charge in [0.2, 0.25) is 0 Å². The van der Waals surface area contributed by atoms with E-state index in [-0.39, 0.29) is 0 Å². The Labute approximate surface area is 138 Å². The van der Waals surface area contributed by atoms with Crippen molar-refractivity contribution in [2.45, 2.75) is 30.3 Å². The summed E-state index contributed by atoms with van der Waals surface area (Å²) >= 11 is 1.61. The van der Waals surface area contributed by atoms with Crippen molar-refractivity contribution >= 4 is 11.8 Å². The number of likely N-dealkylation sites (N-methyl/N-ethyl adjacent to an activating group) is 1. The number of aromatic nitrogens is 5. The van der Waals surface area contributed by atoms with Crippen LogP contribution >= 0.6 is 11.8 Å². The van der Waals surface area contributed by atoms with Crippen LogP contribution in [-0.2, 0) is 12.2 Å². The summed E-state index contributed by atoms with van der Waals surface area (Å²) in [5, 5.41) is 14.7. The summed E-state index contributed by atoms with van der Waals surface area (Å²) in [6.07, 6.45) is 2.25. The summed E-state index contributed by atoms with van der Waals surface area (Å²) in [5.41, 5.74) is 2.12. The lowest BCUT2D eigenvalue weighted by molar-refractivity contribution is 0.418. The zero-order valence-electron chi connectivity index (χ0n) is 13.0. The van der Waals surface area contributed by atoms with Gasteiger partial charge >= 0.3 is 0 Å². The first-order valence-electron chi connectivity index (χ1n) is 7.32. The molecule has 2 heterocycles. The molecule has 1 aromatic carbocycles. The Kier molecular flexibility index (Phi) is 5.04. The minimum absolute atomic E-state index is 0.316. The van der Waals surface area contributed by atoms with Crippen molar-refractivity contribution in [3.63, 3.8) is 0 Å². The van der Waals surface area contributed by atoms with Crippen LogP contribution in [0.4, 0.5) is 0 Å². The van der Waals surface area contributed by atoms with E-state index >= 15 is 0 Å². The minimum atomic E-state index is 0.316. The van der Waals surface area contributed by atoms with Crippen LogP contribution in [0.1, 0.15) is 18.3 Å². The molecule has 1 unspecified atom stereocenters. The highest BCUT2D eigenvalue weighted by Crippen LogP contribution is 2.22. The summed E-state index contributed by atoms with van der Waals surface area (Å²) in [6.45, 7) is 2.08. The van der Waals surface area contributed by atoms with Crippen molar-refractivity contribution in [1.82, 2.24) is 30.6 Å². The van der Waals surface area contributed by atoms with Crippen molar-refractivity contribution in [3.8, 4) is 11.5 Å². The van der Waals surface area contributed by atoms with Crippen molar-refractivity contribution in [3.05, 3.63) is 42.0 Å². The topological polar surface area (TPSA) is 92.5 Å². The lowest BCUT2D eigenvalue weighted by Gasteiger charge is -2.04. The third kappa shape index (κ3) is 4.17. The Balaban J connectivity index is 1.62. The van der Waals surface area contributed by atoms with Gasteiger partial charge < -0.3 is 9.84 Å². The van der Waals surface area contributed by atoms with Gasteiger partial charge in [0, 0.05) is 23.8 Å². The first-order valence-corrected chi connectivity index (χ1v) is 8.30. The molecular weight excluding hydrogens is 312 g/mol. The highest BCUT2D eigenvalue weighted by Gasteiger charge is 2.11. The predicted molar refractivity (Wildman–Crippen MR) is 87.9 cm³/mol. The van der Waals surface area contributed by atoms with E-state index < -0.39 is 0 Å². The van der Waals surface area contributed by atoms with Crippen LogP contribution in [-0.4, -0.2) is 38.4 Å². The highest BCUT2D eigenvalue weighted by molar-refractivity contribution is 7.98. The normalized spacial score (nSPS) is 12.4. The van der Waals surface area contributed by atoms with E-state index in [0.717, 1.165) is 22.9 Å². The minimum Gasteiger partial charge on any atom is -0.334 e. The molecule has 8 heteroatoms. The van der Waals surface area contributed by atoms with Crippen LogP contribution in [0.2, 0.25) is 0 Å². The van der Waals surface area contributed by atoms with Crippen molar-refractivity contribution < 1.29 is 4.52 Å². The monoisotopic (exact) mass is 330 g/mol. The van der Waals surface area contributed by atoms with E-state index in [4.69, 9.17) is 4.52 Å². The van der Waals surface area contributed by atoms with E-state index in [0.29, 0.717) is 17.8 Å². The number of benzene rings is 1. The Morgan fingerprint density at radius 1 is 1.30 bits per heavy atom. The molecule has 0 amide bonds. The van der Waals surface area contributed by atoms with Gasteiger partial charge in [0.1, 0.15) is 6.33 Å². The van der Waals surface area contributed by atoms with Gasteiger partial charge in [-0.1, -0.05) is 29.1 Å². The molecule has 0 fully saturated rings. The average molecular weight is 330 g/mol. The molecule has 0 aliphatic rings. The number of hydrogen-bond acceptors (Lipinski definition) is 7. The van der Waals surface area contributed by atoms with Crippen LogP contribution in [0.15, 0.2) is 40.3 Å². The zero-order valence-corrected chi connectivity index (χ0v) is 13.8. The highest BCUT2D eigenvalue weighted by atomic mass is 32.2. The van der Waals surface area contributed by atoms with Crippen LogP contribution in [0.5, 0.6) is 0 Å².